The topological polar surface area (TPSA) is 64.4 Å². The lowest BCUT2D eigenvalue weighted by atomic mass is 10.2. The van der Waals surface area contributed by atoms with Crippen molar-refractivity contribution >= 4 is 5.69 Å². The molecule has 104 valence electrons. The molecule has 5 heteroatoms. The average Bonchev–Trinajstić information content (AvgIpc) is 2.92. The summed E-state index contributed by atoms with van der Waals surface area (Å²) in [6.07, 6.45) is 6.23. The van der Waals surface area contributed by atoms with E-state index in [0.29, 0.717) is 18.4 Å². The minimum Gasteiger partial charge on any atom is -0.494 e. The second kappa shape index (κ2) is 7.09. The van der Waals surface area contributed by atoms with Gasteiger partial charge in [-0.25, -0.2) is 0 Å². The lowest BCUT2D eigenvalue weighted by Gasteiger charge is -2.11. The van der Waals surface area contributed by atoms with Gasteiger partial charge in [-0.2, -0.15) is 0 Å². The summed E-state index contributed by atoms with van der Waals surface area (Å²) in [4.78, 5) is 10.1. The molecule has 2 rings (SSSR count). The molecule has 0 radical (unpaired) electrons. The largest absolute Gasteiger partial charge is 0.494 e. The van der Waals surface area contributed by atoms with Gasteiger partial charge in [0.15, 0.2) is 0 Å². The van der Waals surface area contributed by atoms with Gasteiger partial charge >= 0.3 is 0 Å². The summed E-state index contributed by atoms with van der Waals surface area (Å²) in [7, 11) is 0. The molecular formula is C14H20N2O3. The third-order valence-electron chi connectivity index (χ3n) is 3.43. The Bertz CT molecular complexity index is 400. The van der Waals surface area contributed by atoms with Crippen LogP contribution in [0, 0.1) is 10.1 Å². The minimum atomic E-state index is -0.407. The lowest BCUT2D eigenvalue weighted by molar-refractivity contribution is -0.384. The second-order valence-electron chi connectivity index (χ2n) is 4.89. The van der Waals surface area contributed by atoms with Gasteiger partial charge in [-0.1, -0.05) is 12.8 Å². The lowest BCUT2D eigenvalue weighted by Crippen LogP contribution is -2.27. The molecule has 1 aliphatic carbocycles. The molecule has 0 aliphatic heterocycles. The Morgan fingerprint density at radius 1 is 1.26 bits per heavy atom. The van der Waals surface area contributed by atoms with Crippen molar-refractivity contribution < 1.29 is 9.66 Å². The van der Waals surface area contributed by atoms with Gasteiger partial charge in [0, 0.05) is 18.2 Å². The van der Waals surface area contributed by atoms with Crippen molar-refractivity contribution in [2.45, 2.75) is 38.1 Å². The number of nitrogens with one attached hydrogen (secondary N) is 1. The Balaban J connectivity index is 1.61. The Kier molecular flexibility index (Phi) is 5.15. The van der Waals surface area contributed by atoms with Crippen molar-refractivity contribution in [1.29, 1.82) is 0 Å². The van der Waals surface area contributed by atoms with E-state index in [9.17, 15) is 10.1 Å². The highest BCUT2D eigenvalue weighted by molar-refractivity contribution is 5.35. The molecule has 0 heterocycles. The van der Waals surface area contributed by atoms with Crippen LogP contribution in [0.1, 0.15) is 32.1 Å². The maximum absolute atomic E-state index is 10.5. The fourth-order valence-electron chi connectivity index (χ4n) is 2.36. The molecule has 0 atom stereocenters. The van der Waals surface area contributed by atoms with Crippen LogP contribution >= 0.6 is 0 Å². The number of nitro groups is 1. The van der Waals surface area contributed by atoms with Crippen molar-refractivity contribution in [1.82, 2.24) is 5.32 Å². The van der Waals surface area contributed by atoms with Crippen molar-refractivity contribution in [3.8, 4) is 5.75 Å². The van der Waals surface area contributed by atoms with Crippen molar-refractivity contribution in [3.05, 3.63) is 34.4 Å². The fraction of sp³-hybridized carbons (Fsp3) is 0.571. The molecule has 1 aromatic carbocycles. The summed E-state index contributed by atoms with van der Waals surface area (Å²) in [5, 5.41) is 14.0. The number of benzene rings is 1. The number of non-ortho nitro benzene ring substituents is 1. The first kappa shape index (κ1) is 13.8. The van der Waals surface area contributed by atoms with Crippen LogP contribution < -0.4 is 10.1 Å². The Morgan fingerprint density at radius 3 is 2.58 bits per heavy atom. The predicted octanol–water partition coefficient (Wildman–Crippen LogP) is 2.90. The SMILES string of the molecule is O=[N+]([O-])c1ccc(OCCCNC2CCCC2)cc1. The van der Waals surface area contributed by atoms with Gasteiger partial charge in [-0.05, 0) is 37.9 Å². The van der Waals surface area contributed by atoms with Crippen LogP contribution in [0.15, 0.2) is 24.3 Å². The number of nitro benzene ring substituents is 1. The van der Waals surface area contributed by atoms with Crippen LogP contribution in [0.3, 0.4) is 0 Å². The third kappa shape index (κ3) is 4.52. The monoisotopic (exact) mass is 264 g/mol. The number of ether oxygens (including phenoxy) is 1. The molecule has 0 unspecified atom stereocenters. The maximum Gasteiger partial charge on any atom is 0.269 e. The van der Waals surface area contributed by atoms with Gasteiger partial charge < -0.3 is 10.1 Å². The van der Waals surface area contributed by atoms with Crippen LogP contribution in [-0.4, -0.2) is 24.1 Å². The second-order valence-corrected chi connectivity index (χ2v) is 4.89. The molecule has 1 fully saturated rings. The van der Waals surface area contributed by atoms with Crippen LogP contribution in [0.25, 0.3) is 0 Å². The minimum absolute atomic E-state index is 0.0928. The van der Waals surface area contributed by atoms with E-state index in [4.69, 9.17) is 4.74 Å². The Morgan fingerprint density at radius 2 is 1.95 bits per heavy atom. The zero-order chi connectivity index (χ0) is 13.5. The van der Waals surface area contributed by atoms with E-state index in [2.05, 4.69) is 5.32 Å². The van der Waals surface area contributed by atoms with Crippen molar-refractivity contribution in [2.75, 3.05) is 13.2 Å². The number of hydrogen-bond acceptors (Lipinski definition) is 4. The van der Waals surface area contributed by atoms with E-state index in [0.717, 1.165) is 13.0 Å². The molecule has 19 heavy (non-hydrogen) atoms. The van der Waals surface area contributed by atoms with Crippen LogP contribution in [0.4, 0.5) is 5.69 Å². The van der Waals surface area contributed by atoms with Crippen molar-refractivity contribution in [3.63, 3.8) is 0 Å². The smallest absolute Gasteiger partial charge is 0.269 e. The summed E-state index contributed by atoms with van der Waals surface area (Å²) >= 11 is 0. The summed E-state index contributed by atoms with van der Waals surface area (Å²) in [6, 6.07) is 6.91. The van der Waals surface area contributed by atoms with E-state index < -0.39 is 4.92 Å². The van der Waals surface area contributed by atoms with Gasteiger partial charge in [-0.3, -0.25) is 10.1 Å². The van der Waals surface area contributed by atoms with E-state index in [1.54, 1.807) is 12.1 Å². The summed E-state index contributed by atoms with van der Waals surface area (Å²) in [5.74, 6) is 0.687. The number of hydrogen-bond donors (Lipinski definition) is 1. The first-order valence-electron chi connectivity index (χ1n) is 6.86. The van der Waals surface area contributed by atoms with Gasteiger partial charge in [0.05, 0.1) is 11.5 Å². The zero-order valence-corrected chi connectivity index (χ0v) is 11.0. The maximum atomic E-state index is 10.5. The summed E-state index contributed by atoms with van der Waals surface area (Å²) in [6.45, 7) is 1.61. The van der Waals surface area contributed by atoms with E-state index in [1.165, 1.54) is 37.8 Å². The highest BCUT2D eigenvalue weighted by Gasteiger charge is 2.13. The standard InChI is InChI=1S/C14H20N2O3/c17-16(18)13-6-8-14(9-7-13)19-11-3-10-15-12-4-1-2-5-12/h6-9,12,15H,1-5,10-11H2. The molecule has 1 aliphatic rings. The molecule has 1 N–H and O–H groups in total. The summed E-state index contributed by atoms with van der Waals surface area (Å²) in [5.41, 5.74) is 0.0928. The van der Waals surface area contributed by atoms with Crippen LogP contribution in [0.5, 0.6) is 5.75 Å². The van der Waals surface area contributed by atoms with E-state index in [-0.39, 0.29) is 5.69 Å². The quantitative estimate of drug-likeness (QED) is 0.467. The molecule has 0 aromatic heterocycles. The van der Waals surface area contributed by atoms with Gasteiger partial charge in [0.25, 0.3) is 5.69 Å². The number of nitrogens with zero attached hydrogens (tertiary/aromatic N) is 1. The Labute approximate surface area is 113 Å². The molecule has 0 amide bonds. The average molecular weight is 264 g/mol. The first-order chi connectivity index (χ1) is 9.25. The molecular weight excluding hydrogens is 244 g/mol. The molecule has 0 saturated heterocycles. The zero-order valence-electron chi connectivity index (χ0n) is 11.0. The molecule has 1 saturated carbocycles. The molecule has 0 bridgehead atoms. The van der Waals surface area contributed by atoms with Crippen LogP contribution in [-0.2, 0) is 0 Å². The normalized spacial score (nSPS) is 15.6. The van der Waals surface area contributed by atoms with Crippen LogP contribution in [0.2, 0.25) is 0 Å². The molecule has 0 spiro atoms. The van der Waals surface area contributed by atoms with Crippen molar-refractivity contribution in [2.24, 2.45) is 0 Å². The predicted molar refractivity (Wildman–Crippen MR) is 73.5 cm³/mol. The fourth-order valence-corrected chi connectivity index (χ4v) is 2.36. The molecule has 5 nitrogen and oxygen atoms in total. The Hall–Kier alpha value is -1.62. The number of rotatable bonds is 7. The van der Waals surface area contributed by atoms with E-state index in [1.807, 2.05) is 0 Å². The highest BCUT2D eigenvalue weighted by atomic mass is 16.6. The van der Waals surface area contributed by atoms with Gasteiger partial charge in [0.1, 0.15) is 5.75 Å². The molecule has 1 aromatic rings. The summed E-state index contributed by atoms with van der Waals surface area (Å²) < 4.78 is 5.54. The third-order valence-corrected chi connectivity index (χ3v) is 3.43. The van der Waals surface area contributed by atoms with Gasteiger partial charge in [-0.15, -0.1) is 0 Å². The highest BCUT2D eigenvalue weighted by Crippen LogP contribution is 2.18. The van der Waals surface area contributed by atoms with E-state index >= 15 is 0 Å². The first-order valence-corrected chi connectivity index (χ1v) is 6.86. The van der Waals surface area contributed by atoms with Gasteiger partial charge in [0.2, 0.25) is 0 Å².